The van der Waals surface area contributed by atoms with E-state index in [9.17, 15) is 9.59 Å². The number of methoxy groups -OCH3 is 2. The number of benzene rings is 1. The zero-order chi connectivity index (χ0) is 19.0. The monoisotopic (exact) mass is 409 g/mol. The fraction of sp³-hybridized carbons (Fsp3) is 0.600. The largest absolute Gasteiger partial charge is 0.497 e. The van der Waals surface area contributed by atoms with Crippen molar-refractivity contribution in [2.45, 2.75) is 37.8 Å². The Bertz CT molecular complexity index is 744. The summed E-state index contributed by atoms with van der Waals surface area (Å²) in [4.78, 5) is 29.4. The second-order valence-electron chi connectivity index (χ2n) is 7.65. The number of carbonyl (C=O) groups is 2. The Morgan fingerprint density at radius 3 is 2.64 bits per heavy atom. The molecule has 8 heteroatoms. The highest BCUT2D eigenvalue weighted by molar-refractivity contribution is 6.01. The Balaban J connectivity index is 0.00000225. The molecule has 2 amide bonds. The molecule has 3 unspecified atom stereocenters. The number of hydrogen-bond acceptors (Lipinski definition) is 5. The molecule has 0 aliphatic carbocycles. The van der Waals surface area contributed by atoms with Crippen LogP contribution in [-0.2, 0) is 9.59 Å². The predicted octanol–water partition coefficient (Wildman–Crippen LogP) is 1.83. The third-order valence-electron chi connectivity index (χ3n) is 5.99. The molecule has 0 spiro atoms. The van der Waals surface area contributed by atoms with Crippen LogP contribution in [0.2, 0.25) is 0 Å². The number of ether oxygens (including phenoxy) is 2. The van der Waals surface area contributed by atoms with E-state index < -0.39 is 0 Å². The third kappa shape index (κ3) is 3.91. The van der Waals surface area contributed by atoms with Crippen LogP contribution in [0, 0.1) is 5.92 Å². The van der Waals surface area contributed by atoms with Crippen molar-refractivity contribution >= 4 is 29.9 Å². The van der Waals surface area contributed by atoms with E-state index in [1.54, 1.807) is 31.3 Å². The molecule has 0 radical (unpaired) electrons. The van der Waals surface area contributed by atoms with E-state index in [0.29, 0.717) is 35.8 Å². The first kappa shape index (κ1) is 20.7. The van der Waals surface area contributed by atoms with Gasteiger partial charge >= 0.3 is 0 Å². The molecule has 0 saturated carbocycles. The molecule has 4 rings (SSSR count). The van der Waals surface area contributed by atoms with Crippen molar-refractivity contribution in [2.24, 2.45) is 5.92 Å². The van der Waals surface area contributed by atoms with Gasteiger partial charge in [-0.1, -0.05) is 0 Å². The quantitative estimate of drug-likeness (QED) is 0.821. The Morgan fingerprint density at radius 1 is 1.11 bits per heavy atom. The van der Waals surface area contributed by atoms with Crippen molar-refractivity contribution < 1.29 is 19.1 Å². The number of carbonyl (C=O) groups excluding carboxylic acids is 2. The molecule has 154 valence electrons. The van der Waals surface area contributed by atoms with Crippen molar-refractivity contribution in [1.29, 1.82) is 0 Å². The highest BCUT2D eigenvalue weighted by Gasteiger charge is 2.40. The Kier molecular flexibility index (Phi) is 6.35. The van der Waals surface area contributed by atoms with E-state index in [4.69, 9.17) is 9.47 Å². The highest BCUT2D eigenvalue weighted by Crippen LogP contribution is 2.36. The number of halogens is 1. The average molecular weight is 410 g/mol. The van der Waals surface area contributed by atoms with E-state index in [1.165, 1.54) is 6.42 Å². The van der Waals surface area contributed by atoms with Gasteiger partial charge in [-0.25, -0.2) is 0 Å². The van der Waals surface area contributed by atoms with Crippen molar-refractivity contribution in [1.82, 2.24) is 10.2 Å². The van der Waals surface area contributed by atoms with Crippen LogP contribution in [-0.4, -0.2) is 62.7 Å². The molecular weight excluding hydrogens is 382 g/mol. The molecule has 3 fully saturated rings. The van der Waals surface area contributed by atoms with Crippen LogP contribution in [0.3, 0.4) is 0 Å². The van der Waals surface area contributed by atoms with Gasteiger partial charge in [-0.05, 0) is 31.4 Å². The minimum atomic E-state index is -0.291. The molecule has 3 atom stereocenters. The standard InChI is InChI=1S/C20H27N3O4.ClH/c1-26-16-5-6-17(18(10-16)27-2)23-11-13(9-19(23)24)20(25)22-8-7-14-3-4-15(12-22)21-14;/h5-6,10,13-15,21H,3-4,7-9,11-12H2,1-2H3;1H. The summed E-state index contributed by atoms with van der Waals surface area (Å²) in [5.74, 6) is 1.02. The summed E-state index contributed by atoms with van der Waals surface area (Å²) < 4.78 is 10.7. The van der Waals surface area contributed by atoms with Gasteiger partial charge < -0.3 is 24.6 Å². The van der Waals surface area contributed by atoms with E-state index in [0.717, 1.165) is 25.9 Å². The summed E-state index contributed by atoms with van der Waals surface area (Å²) in [5.41, 5.74) is 0.690. The van der Waals surface area contributed by atoms with Crippen LogP contribution in [0.25, 0.3) is 0 Å². The van der Waals surface area contributed by atoms with E-state index in [-0.39, 0.29) is 36.6 Å². The maximum atomic E-state index is 13.1. The van der Waals surface area contributed by atoms with Crippen LogP contribution in [0.5, 0.6) is 11.5 Å². The molecule has 1 aromatic carbocycles. The number of likely N-dealkylation sites (tertiary alicyclic amines) is 1. The molecule has 28 heavy (non-hydrogen) atoms. The lowest BCUT2D eigenvalue weighted by atomic mass is 10.0. The highest BCUT2D eigenvalue weighted by atomic mass is 35.5. The normalized spacial score (nSPS) is 26.6. The Labute approximate surface area is 171 Å². The van der Waals surface area contributed by atoms with Crippen LogP contribution in [0.1, 0.15) is 25.7 Å². The van der Waals surface area contributed by atoms with Gasteiger partial charge in [0.05, 0.1) is 25.8 Å². The minimum absolute atomic E-state index is 0. The van der Waals surface area contributed by atoms with Crippen LogP contribution < -0.4 is 19.7 Å². The first-order valence-electron chi connectivity index (χ1n) is 9.66. The molecule has 7 nitrogen and oxygen atoms in total. The summed E-state index contributed by atoms with van der Waals surface area (Å²) in [5, 5.41) is 3.60. The number of amides is 2. The molecule has 1 aromatic rings. The summed E-state index contributed by atoms with van der Waals surface area (Å²) in [6.07, 6.45) is 3.60. The van der Waals surface area contributed by atoms with Crippen molar-refractivity contribution in [3.05, 3.63) is 18.2 Å². The summed E-state index contributed by atoms with van der Waals surface area (Å²) >= 11 is 0. The van der Waals surface area contributed by atoms with Gasteiger partial charge in [0.15, 0.2) is 0 Å². The van der Waals surface area contributed by atoms with Gasteiger partial charge in [-0.2, -0.15) is 0 Å². The molecule has 0 aromatic heterocycles. The number of nitrogens with zero attached hydrogens (tertiary/aromatic N) is 2. The van der Waals surface area contributed by atoms with E-state index in [1.807, 2.05) is 11.0 Å². The number of hydrogen-bond donors (Lipinski definition) is 1. The van der Waals surface area contributed by atoms with Gasteiger partial charge in [0.25, 0.3) is 0 Å². The smallest absolute Gasteiger partial charge is 0.228 e. The summed E-state index contributed by atoms with van der Waals surface area (Å²) in [6.45, 7) is 1.94. The van der Waals surface area contributed by atoms with E-state index in [2.05, 4.69) is 5.32 Å². The lowest BCUT2D eigenvalue weighted by Crippen LogP contribution is -2.42. The summed E-state index contributed by atoms with van der Waals surface area (Å²) in [7, 11) is 3.16. The molecule has 3 saturated heterocycles. The molecule has 3 heterocycles. The number of nitrogens with one attached hydrogen (secondary N) is 1. The van der Waals surface area contributed by atoms with Crippen LogP contribution in [0.15, 0.2) is 18.2 Å². The fourth-order valence-corrected chi connectivity index (χ4v) is 4.52. The maximum absolute atomic E-state index is 13.1. The number of rotatable bonds is 4. The molecule has 3 aliphatic heterocycles. The SMILES string of the molecule is COc1ccc(N2CC(C(=O)N3CCC4CCC(C3)N4)CC2=O)c(OC)c1.Cl. The predicted molar refractivity (Wildman–Crippen MR) is 108 cm³/mol. The number of anilines is 1. The van der Waals surface area contributed by atoms with Crippen LogP contribution >= 0.6 is 12.4 Å². The van der Waals surface area contributed by atoms with Gasteiger partial charge in [0.1, 0.15) is 11.5 Å². The van der Waals surface area contributed by atoms with Crippen molar-refractivity contribution in [2.75, 3.05) is 38.8 Å². The summed E-state index contributed by atoms with van der Waals surface area (Å²) in [6, 6.07) is 6.32. The molecule has 2 bridgehead atoms. The first-order chi connectivity index (χ1) is 13.1. The second-order valence-corrected chi connectivity index (χ2v) is 7.65. The zero-order valence-corrected chi connectivity index (χ0v) is 17.2. The van der Waals surface area contributed by atoms with E-state index >= 15 is 0 Å². The fourth-order valence-electron chi connectivity index (χ4n) is 4.52. The Morgan fingerprint density at radius 2 is 1.89 bits per heavy atom. The van der Waals surface area contributed by atoms with Gasteiger partial charge in [-0.15, -0.1) is 12.4 Å². The molecular formula is C20H28ClN3O4. The third-order valence-corrected chi connectivity index (χ3v) is 5.99. The van der Waals surface area contributed by atoms with Gasteiger partial charge in [0, 0.05) is 44.2 Å². The second kappa shape index (κ2) is 8.57. The van der Waals surface area contributed by atoms with Gasteiger partial charge in [-0.3, -0.25) is 9.59 Å². The Hall–Kier alpha value is -1.99. The van der Waals surface area contributed by atoms with Crippen molar-refractivity contribution in [3.8, 4) is 11.5 Å². The van der Waals surface area contributed by atoms with Gasteiger partial charge in [0.2, 0.25) is 11.8 Å². The number of fused-ring (bicyclic) bond motifs is 2. The van der Waals surface area contributed by atoms with Crippen molar-refractivity contribution in [3.63, 3.8) is 0 Å². The lowest BCUT2D eigenvalue weighted by Gasteiger charge is -2.27. The zero-order valence-electron chi connectivity index (χ0n) is 16.3. The minimum Gasteiger partial charge on any atom is -0.497 e. The first-order valence-corrected chi connectivity index (χ1v) is 9.66. The maximum Gasteiger partial charge on any atom is 0.228 e. The molecule has 3 aliphatic rings. The topological polar surface area (TPSA) is 71.1 Å². The molecule has 1 N–H and O–H groups in total. The average Bonchev–Trinajstić information content (AvgIpc) is 3.22. The van der Waals surface area contributed by atoms with Crippen LogP contribution in [0.4, 0.5) is 5.69 Å². The lowest BCUT2D eigenvalue weighted by molar-refractivity contribution is -0.136.